The van der Waals surface area contributed by atoms with Gasteiger partial charge in [0.05, 0.1) is 0 Å². The largest absolute Gasteiger partial charge is 0.462 e. The normalized spacial score (nSPS) is 12.8. The molecule has 0 fully saturated rings. The summed E-state index contributed by atoms with van der Waals surface area (Å²) in [4.78, 5) is 37.9. The van der Waals surface area contributed by atoms with Crippen molar-refractivity contribution in [3.63, 3.8) is 0 Å². The number of hydrogen-bond acceptors (Lipinski definition) is 6. The van der Waals surface area contributed by atoms with Crippen LogP contribution in [-0.2, 0) is 28.6 Å². The monoisotopic (exact) mass is 863 g/mol. The first-order chi connectivity index (χ1) is 30.5. The van der Waals surface area contributed by atoms with Crippen LogP contribution in [0.3, 0.4) is 0 Å². The fourth-order valence-corrected chi connectivity index (χ4v) is 6.76. The highest BCUT2D eigenvalue weighted by atomic mass is 16.6. The van der Waals surface area contributed by atoms with Crippen molar-refractivity contribution in [1.29, 1.82) is 0 Å². The van der Waals surface area contributed by atoms with Crippen molar-refractivity contribution >= 4 is 17.9 Å². The Kier molecular flexibility index (Phi) is 47.5. The van der Waals surface area contributed by atoms with Crippen LogP contribution >= 0.6 is 0 Å². The predicted molar refractivity (Wildman–Crippen MR) is 265 cm³/mol. The van der Waals surface area contributed by atoms with E-state index in [0.717, 1.165) is 135 Å². The van der Waals surface area contributed by atoms with E-state index in [9.17, 15) is 14.4 Å². The lowest BCUT2D eigenvalue weighted by atomic mass is 10.1. The van der Waals surface area contributed by atoms with E-state index >= 15 is 0 Å². The van der Waals surface area contributed by atoms with E-state index in [0.29, 0.717) is 19.3 Å². The first kappa shape index (κ1) is 58.6. The van der Waals surface area contributed by atoms with Crippen LogP contribution in [0.2, 0.25) is 0 Å². The van der Waals surface area contributed by atoms with E-state index in [2.05, 4.69) is 106 Å². The summed E-state index contributed by atoms with van der Waals surface area (Å²) in [6.07, 6.45) is 64.2. The van der Waals surface area contributed by atoms with Gasteiger partial charge in [0, 0.05) is 19.3 Å². The number of ether oxygens (including phenoxy) is 3. The third-order valence-corrected chi connectivity index (χ3v) is 10.6. The molecule has 0 aliphatic rings. The third-order valence-electron chi connectivity index (χ3n) is 10.6. The van der Waals surface area contributed by atoms with Crippen LogP contribution in [0.1, 0.15) is 233 Å². The van der Waals surface area contributed by atoms with E-state index in [-0.39, 0.29) is 31.1 Å². The first-order valence-corrected chi connectivity index (χ1v) is 25.6. The van der Waals surface area contributed by atoms with Crippen LogP contribution in [0.4, 0.5) is 0 Å². The SMILES string of the molecule is CC/C=C\C/C=C\C/C=C\C/C=C\CCCCCCCCC(=O)OCC(COC(=O)CCCCCCC/C=C\CCCCC)OC(=O)CCCCCCC/C=C\C/C=C\CCC. The van der Waals surface area contributed by atoms with Gasteiger partial charge in [-0.1, -0.05) is 189 Å². The third kappa shape index (κ3) is 47.6. The molecular weight excluding hydrogens is 769 g/mol. The molecule has 0 aliphatic carbocycles. The van der Waals surface area contributed by atoms with Gasteiger partial charge in [0.15, 0.2) is 6.10 Å². The molecule has 0 aliphatic heterocycles. The van der Waals surface area contributed by atoms with Crippen LogP contribution in [0.5, 0.6) is 0 Å². The number of carbonyl (C=O) groups excluding carboxylic acids is 3. The van der Waals surface area contributed by atoms with E-state index in [1.54, 1.807) is 0 Å². The van der Waals surface area contributed by atoms with Gasteiger partial charge in [-0.3, -0.25) is 14.4 Å². The zero-order chi connectivity index (χ0) is 45.1. The Labute approximate surface area is 382 Å². The second-order valence-corrected chi connectivity index (χ2v) is 16.7. The minimum atomic E-state index is -0.792. The zero-order valence-electron chi connectivity index (χ0n) is 40.4. The average molecular weight is 863 g/mol. The number of carbonyl (C=O) groups is 3. The fourth-order valence-electron chi connectivity index (χ4n) is 6.76. The molecule has 0 amide bonds. The molecule has 0 aromatic carbocycles. The van der Waals surface area contributed by atoms with Crippen molar-refractivity contribution in [3.05, 3.63) is 85.1 Å². The van der Waals surface area contributed by atoms with Crippen LogP contribution in [0.25, 0.3) is 0 Å². The number of allylic oxidation sites excluding steroid dienone is 14. The average Bonchev–Trinajstić information content (AvgIpc) is 3.27. The van der Waals surface area contributed by atoms with Crippen LogP contribution in [0.15, 0.2) is 85.1 Å². The molecule has 0 aromatic heterocycles. The molecule has 0 rings (SSSR count). The van der Waals surface area contributed by atoms with Crippen molar-refractivity contribution in [2.75, 3.05) is 13.2 Å². The quantitative estimate of drug-likeness (QED) is 0.0263. The van der Waals surface area contributed by atoms with E-state index in [4.69, 9.17) is 14.2 Å². The van der Waals surface area contributed by atoms with Gasteiger partial charge in [-0.2, -0.15) is 0 Å². The second kappa shape index (κ2) is 50.2. The smallest absolute Gasteiger partial charge is 0.306 e. The Bertz CT molecular complexity index is 1220. The van der Waals surface area contributed by atoms with Crippen molar-refractivity contribution < 1.29 is 28.6 Å². The number of rotatable bonds is 45. The van der Waals surface area contributed by atoms with Crippen molar-refractivity contribution in [3.8, 4) is 0 Å². The molecule has 6 heteroatoms. The maximum absolute atomic E-state index is 12.8. The lowest BCUT2D eigenvalue weighted by Crippen LogP contribution is -2.30. The highest BCUT2D eigenvalue weighted by Crippen LogP contribution is 2.13. The molecule has 0 bridgehead atoms. The molecule has 0 saturated carbocycles. The summed E-state index contributed by atoms with van der Waals surface area (Å²) in [7, 11) is 0. The zero-order valence-corrected chi connectivity index (χ0v) is 40.4. The van der Waals surface area contributed by atoms with Crippen molar-refractivity contribution in [1.82, 2.24) is 0 Å². The summed E-state index contributed by atoms with van der Waals surface area (Å²) in [5.41, 5.74) is 0. The minimum absolute atomic E-state index is 0.0920. The van der Waals surface area contributed by atoms with Gasteiger partial charge in [0.2, 0.25) is 0 Å². The summed E-state index contributed by atoms with van der Waals surface area (Å²) in [5.74, 6) is -0.931. The van der Waals surface area contributed by atoms with Crippen LogP contribution in [0, 0.1) is 0 Å². The lowest BCUT2D eigenvalue weighted by molar-refractivity contribution is -0.167. The summed E-state index contributed by atoms with van der Waals surface area (Å²) in [6.45, 7) is 6.40. The van der Waals surface area contributed by atoms with Crippen LogP contribution < -0.4 is 0 Å². The fraction of sp³-hybridized carbons (Fsp3) is 0.696. The Balaban J connectivity index is 4.41. The first-order valence-electron chi connectivity index (χ1n) is 25.6. The summed E-state index contributed by atoms with van der Waals surface area (Å²) in [5, 5.41) is 0. The standard InChI is InChI=1S/C56H94O6/c1-4-7-10-13-16-19-22-25-26-27-28-29-30-32-34-37-40-43-46-49-55(58)61-52-53(51-60-54(57)48-45-42-39-36-33-24-21-18-15-12-9-6-3)62-56(59)50-47-44-41-38-35-31-23-20-17-14-11-8-5-2/h7,10-11,14,16,18-21,23,25-26,28-29,53H,4-6,8-9,12-13,15,17,22,24,27,30-52H2,1-3H3/b10-7-,14-11-,19-16-,21-18-,23-20-,26-25-,29-28-. The number of hydrogen-bond donors (Lipinski definition) is 0. The molecule has 0 spiro atoms. The highest BCUT2D eigenvalue weighted by molar-refractivity contribution is 5.71. The topological polar surface area (TPSA) is 78.9 Å². The van der Waals surface area contributed by atoms with Gasteiger partial charge in [0.25, 0.3) is 0 Å². The molecule has 1 atom stereocenters. The van der Waals surface area contributed by atoms with Gasteiger partial charge >= 0.3 is 17.9 Å². The molecule has 354 valence electrons. The molecule has 0 radical (unpaired) electrons. The Hall–Kier alpha value is -3.41. The number of esters is 3. The minimum Gasteiger partial charge on any atom is -0.462 e. The molecule has 0 N–H and O–H groups in total. The Morgan fingerprint density at radius 3 is 1.06 bits per heavy atom. The van der Waals surface area contributed by atoms with Gasteiger partial charge in [-0.25, -0.2) is 0 Å². The van der Waals surface area contributed by atoms with E-state index < -0.39 is 6.10 Å². The maximum Gasteiger partial charge on any atom is 0.306 e. The summed E-state index contributed by atoms with van der Waals surface area (Å²) >= 11 is 0. The van der Waals surface area contributed by atoms with Gasteiger partial charge in [-0.15, -0.1) is 0 Å². The van der Waals surface area contributed by atoms with Gasteiger partial charge in [-0.05, 0) is 109 Å². The summed E-state index contributed by atoms with van der Waals surface area (Å²) in [6, 6.07) is 0. The van der Waals surface area contributed by atoms with Gasteiger partial charge < -0.3 is 14.2 Å². The van der Waals surface area contributed by atoms with Gasteiger partial charge in [0.1, 0.15) is 13.2 Å². The lowest BCUT2D eigenvalue weighted by Gasteiger charge is -2.18. The van der Waals surface area contributed by atoms with E-state index in [1.165, 1.54) is 57.8 Å². The molecule has 1 unspecified atom stereocenters. The van der Waals surface area contributed by atoms with Crippen LogP contribution in [-0.4, -0.2) is 37.2 Å². The molecule has 0 saturated heterocycles. The molecule has 0 heterocycles. The predicted octanol–water partition coefficient (Wildman–Crippen LogP) is 16.8. The molecule has 62 heavy (non-hydrogen) atoms. The highest BCUT2D eigenvalue weighted by Gasteiger charge is 2.19. The van der Waals surface area contributed by atoms with E-state index in [1.807, 2.05) is 0 Å². The van der Waals surface area contributed by atoms with Crippen molar-refractivity contribution in [2.45, 2.75) is 239 Å². The molecular formula is C56H94O6. The summed E-state index contributed by atoms with van der Waals surface area (Å²) < 4.78 is 16.8. The Morgan fingerprint density at radius 2 is 0.661 bits per heavy atom. The van der Waals surface area contributed by atoms with Crippen molar-refractivity contribution in [2.24, 2.45) is 0 Å². The Morgan fingerprint density at radius 1 is 0.339 bits per heavy atom. The second-order valence-electron chi connectivity index (χ2n) is 16.7. The molecule has 0 aromatic rings. The molecule has 6 nitrogen and oxygen atoms in total. The number of unbranched alkanes of at least 4 members (excludes halogenated alkanes) is 20. The maximum atomic E-state index is 12.8.